The number of phenols is 1. The number of phenolic OH excluding ortho intramolecular Hbond substituents is 1. The highest BCUT2D eigenvalue weighted by Gasteiger charge is 2.14. The van der Waals surface area contributed by atoms with Crippen molar-refractivity contribution in [2.75, 3.05) is 5.32 Å². The number of benzene rings is 1. The van der Waals surface area contributed by atoms with Gasteiger partial charge < -0.3 is 10.4 Å². The van der Waals surface area contributed by atoms with E-state index >= 15 is 0 Å². The summed E-state index contributed by atoms with van der Waals surface area (Å²) in [6.45, 7) is 0. The van der Waals surface area contributed by atoms with E-state index in [4.69, 9.17) is 12.2 Å². The molecule has 1 aromatic heterocycles. The molecule has 0 bridgehead atoms. The number of hydrogen-bond donors (Lipinski definition) is 3. The number of nitro benzene ring substituents is 1. The quantitative estimate of drug-likeness (QED) is 0.335. The highest BCUT2D eigenvalue weighted by molar-refractivity contribution is 7.80. The van der Waals surface area contributed by atoms with E-state index < -0.39 is 10.8 Å². The number of anilines is 1. The van der Waals surface area contributed by atoms with Gasteiger partial charge in [-0.2, -0.15) is 5.10 Å². The number of carbonyl (C=O) groups is 1. The van der Waals surface area contributed by atoms with E-state index in [1.54, 1.807) is 13.2 Å². The maximum atomic E-state index is 11.8. The molecule has 0 spiro atoms. The maximum Gasteiger partial charge on any atom is 0.277 e. The van der Waals surface area contributed by atoms with Gasteiger partial charge in [-0.25, -0.2) is 0 Å². The zero-order chi connectivity index (χ0) is 16.3. The molecule has 0 fully saturated rings. The topological polar surface area (TPSA) is 122 Å². The standard InChI is InChI=1S/C12H11N5O4S/c1-16-5-4-8(15-16)11(19)14-12(22)13-9-6-7(17(20)21)2-3-10(9)18/h2-6,18H,1H3,(H2,13,14,19,22). The second-order valence-electron chi connectivity index (χ2n) is 4.24. The largest absolute Gasteiger partial charge is 0.506 e. The van der Waals surface area contributed by atoms with Crippen LogP contribution < -0.4 is 10.6 Å². The molecule has 1 aromatic carbocycles. The summed E-state index contributed by atoms with van der Waals surface area (Å²) in [4.78, 5) is 21.9. The molecule has 9 nitrogen and oxygen atoms in total. The molecular weight excluding hydrogens is 310 g/mol. The van der Waals surface area contributed by atoms with Crippen molar-refractivity contribution >= 4 is 34.6 Å². The van der Waals surface area contributed by atoms with Crippen LogP contribution in [0.15, 0.2) is 30.5 Å². The van der Waals surface area contributed by atoms with Crippen LogP contribution in [0, 0.1) is 10.1 Å². The van der Waals surface area contributed by atoms with Crippen molar-refractivity contribution < 1.29 is 14.8 Å². The molecule has 2 aromatic rings. The van der Waals surface area contributed by atoms with Crippen molar-refractivity contribution in [2.24, 2.45) is 7.05 Å². The van der Waals surface area contributed by atoms with Gasteiger partial charge in [-0.3, -0.25) is 24.9 Å². The Labute approximate surface area is 129 Å². The lowest BCUT2D eigenvalue weighted by Crippen LogP contribution is -2.34. The van der Waals surface area contributed by atoms with E-state index in [2.05, 4.69) is 15.7 Å². The van der Waals surface area contributed by atoms with E-state index in [9.17, 15) is 20.0 Å². The fraction of sp³-hybridized carbons (Fsp3) is 0.0833. The number of thiocarbonyl (C=S) groups is 1. The fourth-order valence-electron chi connectivity index (χ4n) is 1.59. The van der Waals surface area contributed by atoms with Crippen molar-refractivity contribution in [3.63, 3.8) is 0 Å². The van der Waals surface area contributed by atoms with Crippen LogP contribution in [0.3, 0.4) is 0 Å². The minimum Gasteiger partial charge on any atom is -0.506 e. The van der Waals surface area contributed by atoms with E-state index in [0.717, 1.165) is 18.2 Å². The summed E-state index contributed by atoms with van der Waals surface area (Å²) in [5.41, 5.74) is -0.0467. The van der Waals surface area contributed by atoms with Crippen molar-refractivity contribution in [3.8, 4) is 5.75 Å². The van der Waals surface area contributed by atoms with E-state index in [0.29, 0.717) is 0 Å². The van der Waals surface area contributed by atoms with Gasteiger partial charge in [0.05, 0.1) is 10.6 Å². The Balaban J connectivity index is 2.07. The van der Waals surface area contributed by atoms with Crippen LogP contribution in [0.25, 0.3) is 0 Å². The number of rotatable bonds is 3. The SMILES string of the molecule is Cn1ccc(C(=O)NC(=S)Nc2cc([N+](=O)[O-])ccc2O)n1. The molecule has 0 atom stereocenters. The van der Waals surface area contributed by atoms with E-state index in [-0.39, 0.29) is 27.9 Å². The minimum absolute atomic E-state index is 0.0144. The predicted octanol–water partition coefficient (Wildman–Crippen LogP) is 1.16. The molecule has 0 unspecified atom stereocenters. The van der Waals surface area contributed by atoms with E-state index in [1.165, 1.54) is 10.7 Å². The number of nitrogens with one attached hydrogen (secondary N) is 2. The number of non-ortho nitro benzene ring substituents is 1. The summed E-state index contributed by atoms with van der Waals surface area (Å²) in [5.74, 6) is -0.775. The van der Waals surface area contributed by atoms with Crippen LogP contribution in [-0.2, 0) is 7.05 Å². The number of nitrogens with zero attached hydrogens (tertiary/aromatic N) is 3. The molecule has 3 N–H and O–H groups in total. The minimum atomic E-state index is -0.611. The number of hydrogen-bond acceptors (Lipinski definition) is 6. The Morgan fingerprint density at radius 1 is 1.45 bits per heavy atom. The smallest absolute Gasteiger partial charge is 0.277 e. The second-order valence-corrected chi connectivity index (χ2v) is 4.65. The highest BCUT2D eigenvalue weighted by Crippen LogP contribution is 2.27. The molecule has 114 valence electrons. The third-order valence-corrected chi connectivity index (χ3v) is 2.82. The molecule has 22 heavy (non-hydrogen) atoms. The highest BCUT2D eigenvalue weighted by atomic mass is 32.1. The summed E-state index contributed by atoms with van der Waals surface area (Å²) in [7, 11) is 1.66. The van der Waals surface area contributed by atoms with Gasteiger partial charge in [0.25, 0.3) is 11.6 Å². The average molecular weight is 321 g/mol. The van der Waals surface area contributed by atoms with Gasteiger partial charge in [0.2, 0.25) is 0 Å². The monoisotopic (exact) mass is 321 g/mol. The molecule has 2 rings (SSSR count). The lowest BCUT2D eigenvalue weighted by Gasteiger charge is -2.09. The van der Waals surface area contributed by atoms with Gasteiger partial charge in [-0.15, -0.1) is 0 Å². The molecule has 0 saturated heterocycles. The number of nitro groups is 1. The van der Waals surface area contributed by atoms with Crippen molar-refractivity contribution in [1.29, 1.82) is 0 Å². The zero-order valence-electron chi connectivity index (χ0n) is 11.3. The molecule has 1 heterocycles. The third kappa shape index (κ3) is 3.55. The summed E-state index contributed by atoms with van der Waals surface area (Å²) in [6, 6.07) is 4.91. The lowest BCUT2D eigenvalue weighted by molar-refractivity contribution is -0.384. The van der Waals surface area contributed by atoms with Crippen LogP contribution in [-0.4, -0.2) is 30.8 Å². The van der Waals surface area contributed by atoms with Crippen molar-refractivity contribution in [2.45, 2.75) is 0 Å². The number of amides is 1. The maximum absolute atomic E-state index is 11.8. The first-order valence-corrected chi connectivity index (χ1v) is 6.37. The number of carbonyl (C=O) groups excluding carboxylic acids is 1. The average Bonchev–Trinajstić information content (AvgIpc) is 2.87. The van der Waals surface area contributed by atoms with Crippen molar-refractivity contribution in [3.05, 3.63) is 46.3 Å². The van der Waals surface area contributed by atoms with Crippen LogP contribution in [0.4, 0.5) is 11.4 Å². The molecule has 1 amide bonds. The first-order chi connectivity index (χ1) is 10.4. The number of aryl methyl sites for hydroxylation is 1. The normalized spacial score (nSPS) is 10.0. The first kappa shape index (κ1) is 15.4. The van der Waals surface area contributed by atoms with Gasteiger partial charge in [0, 0.05) is 25.4 Å². The Kier molecular flexibility index (Phi) is 4.32. The van der Waals surface area contributed by atoms with Gasteiger partial charge in [0.15, 0.2) is 10.8 Å². The molecular formula is C12H11N5O4S. The Morgan fingerprint density at radius 3 is 2.77 bits per heavy atom. The predicted molar refractivity (Wildman–Crippen MR) is 81.7 cm³/mol. The first-order valence-electron chi connectivity index (χ1n) is 5.96. The van der Waals surface area contributed by atoms with Crippen LogP contribution in [0.2, 0.25) is 0 Å². The second kappa shape index (κ2) is 6.18. The summed E-state index contributed by atoms with van der Waals surface area (Å²) in [5, 5.41) is 29.0. The molecule has 0 aliphatic rings. The summed E-state index contributed by atoms with van der Waals surface area (Å²) in [6.07, 6.45) is 1.60. The Hall–Kier alpha value is -3.01. The molecule has 0 aliphatic carbocycles. The molecule has 0 radical (unpaired) electrons. The number of aromatic hydroxyl groups is 1. The van der Waals surface area contributed by atoms with Gasteiger partial charge >= 0.3 is 0 Å². The third-order valence-electron chi connectivity index (χ3n) is 2.61. The van der Waals surface area contributed by atoms with E-state index in [1.807, 2.05) is 0 Å². The Bertz CT molecular complexity index is 758. The van der Waals surface area contributed by atoms with Crippen LogP contribution in [0.5, 0.6) is 5.75 Å². The molecule has 10 heteroatoms. The van der Waals surface area contributed by atoms with Gasteiger partial charge in [0.1, 0.15) is 5.75 Å². The summed E-state index contributed by atoms with van der Waals surface area (Å²) >= 11 is 4.93. The van der Waals surface area contributed by atoms with Crippen LogP contribution >= 0.6 is 12.2 Å². The fourth-order valence-corrected chi connectivity index (χ4v) is 1.80. The molecule has 0 aliphatic heterocycles. The Morgan fingerprint density at radius 2 is 2.18 bits per heavy atom. The van der Waals surface area contributed by atoms with Gasteiger partial charge in [-0.05, 0) is 24.4 Å². The van der Waals surface area contributed by atoms with Gasteiger partial charge in [-0.1, -0.05) is 0 Å². The lowest BCUT2D eigenvalue weighted by atomic mass is 10.2. The zero-order valence-corrected chi connectivity index (χ0v) is 12.1. The number of aromatic nitrogens is 2. The van der Waals surface area contributed by atoms with Crippen molar-refractivity contribution in [1.82, 2.24) is 15.1 Å². The summed E-state index contributed by atoms with van der Waals surface area (Å²) < 4.78 is 1.46. The van der Waals surface area contributed by atoms with Crippen LogP contribution in [0.1, 0.15) is 10.5 Å². The molecule has 0 saturated carbocycles.